The van der Waals surface area contributed by atoms with Crippen LogP contribution in [0.5, 0.6) is 0 Å². The van der Waals surface area contributed by atoms with Gasteiger partial charge in [-0.15, -0.1) is 6.42 Å². The van der Waals surface area contributed by atoms with Crippen molar-refractivity contribution < 1.29 is 8.78 Å². The maximum absolute atomic E-state index is 13.5. The lowest BCUT2D eigenvalue weighted by atomic mass is 10.00. The first-order valence-electron chi connectivity index (χ1n) is 6.48. The molecule has 21 heavy (non-hydrogen) atoms. The van der Waals surface area contributed by atoms with E-state index in [4.69, 9.17) is 6.42 Å². The molecular formula is C19H14F2. The number of benzene rings is 2. The molecule has 0 aliphatic rings. The van der Waals surface area contributed by atoms with Crippen LogP contribution in [0.4, 0.5) is 8.78 Å². The van der Waals surface area contributed by atoms with Crippen LogP contribution in [0.2, 0.25) is 0 Å². The van der Waals surface area contributed by atoms with Crippen molar-refractivity contribution in [3.8, 4) is 24.2 Å². The van der Waals surface area contributed by atoms with Gasteiger partial charge < -0.3 is 0 Å². The Kier molecular flexibility index (Phi) is 4.10. The number of rotatable bonds is 0. The van der Waals surface area contributed by atoms with Gasteiger partial charge >= 0.3 is 0 Å². The second kappa shape index (κ2) is 5.81. The van der Waals surface area contributed by atoms with Gasteiger partial charge in [0.25, 0.3) is 0 Å². The monoisotopic (exact) mass is 280 g/mol. The van der Waals surface area contributed by atoms with E-state index < -0.39 is 11.6 Å². The molecule has 2 aromatic rings. The van der Waals surface area contributed by atoms with Crippen LogP contribution in [-0.2, 0) is 0 Å². The molecule has 0 unspecified atom stereocenters. The molecule has 104 valence electrons. The predicted molar refractivity (Wildman–Crippen MR) is 80.9 cm³/mol. The fourth-order valence-corrected chi connectivity index (χ4v) is 2.13. The summed E-state index contributed by atoms with van der Waals surface area (Å²) in [6, 6.07) is 6.22. The van der Waals surface area contributed by atoms with Gasteiger partial charge in [0.05, 0.1) is 0 Å². The molecule has 0 N–H and O–H groups in total. The average Bonchev–Trinajstić information content (AvgIpc) is 2.42. The van der Waals surface area contributed by atoms with Crippen molar-refractivity contribution in [3.63, 3.8) is 0 Å². The topological polar surface area (TPSA) is 0 Å². The summed E-state index contributed by atoms with van der Waals surface area (Å²) in [7, 11) is 0. The number of hydrogen-bond acceptors (Lipinski definition) is 0. The number of halogens is 2. The largest absolute Gasteiger partial charge is 0.207 e. The molecule has 0 aliphatic carbocycles. The van der Waals surface area contributed by atoms with Crippen molar-refractivity contribution in [1.29, 1.82) is 0 Å². The molecule has 2 rings (SSSR count). The van der Waals surface area contributed by atoms with E-state index in [-0.39, 0.29) is 5.56 Å². The van der Waals surface area contributed by atoms with E-state index in [9.17, 15) is 8.78 Å². The van der Waals surface area contributed by atoms with E-state index >= 15 is 0 Å². The molecule has 0 amide bonds. The van der Waals surface area contributed by atoms with Gasteiger partial charge in [0.1, 0.15) is 11.6 Å². The van der Waals surface area contributed by atoms with E-state index in [1.165, 1.54) is 19.1 Å². The lowest BCUT2D eigenvalue weighted by Gasteiger charge is -2.04. The Morgan fingerprint density at radius 2 is 1.24 bits per heavy atom. The second-order valence-corrected chi connectivity index (χ2v) is 4.94. The quantitative estimate of drug-likeness (QED) is 0.632. The minimum Gasteiger partial charge on any atom is -0.207 e. The van der Waals surface area contributed by atoms with Crippen LogP contribution in [0, 0.1) is 56.6 Å². The SMILES string of the molecule is C#Cc1c(C)cc(C#Cc2cc(F)c(C)c(F)c2)cc1C. The van der Waals surface area contributed by atoms with Crippen molar-refractivity contribution >= 4 is 0 Å². The fourth-order valence-electron chi connectivity index (χ4n) is 2.13. The van der Waals surface area contributed by atoms with Crippen molar-refractivity contribution in [2.24, 2.45) is 0 Å². The predicted octanol–water partition coefficient (Wildman–Crippen LogP) is 4.27. The molecule has 2 aromatic carbocycles. The Bertz CT molecular complexity index is 766. The third-order valence-corrected chi connectivity index (χ3v) is 3.31. The Balaban J connectivity index is 2.43. The van der Waals surface area contributed by atoms with Crippen molar-refractivity contribution in [3.05, 3.63) is 69.3 Å². The Morgan fingerprint density at radius 3 is 1.67 bits per heavy atom. The van der Waals surface area contributed by atoms with E-state index in [1.807, 2.05) is 26.0 Å². The summed E-state index contributed by atoms with van der Waals surface area (Å²) in [5, 5.41) is 0. The van der Waals surface area contributed by atoms with Gasteiger partial charge in [-0.05, 0) is 56.2 Å². The van der Waals surface area contributed by atoms with Gasteiger partial charge in [0, 0.05) is 22.3 Å². The summed E-state index contributed by atoms with van der Waals surface area (Å²) in [5.41, 5.74) is 3.86. The molecular weight excluding hydrogens is 266 g/mol. The summed E-state index contributed by atoms with van der Waals surface area (Å²) >= 11 is 0. The molecule has 0 spiro atoms. The maximum atomic E-state index is 13.5. The molecule has 0 bridgehead atoms. The molecule has 0 atom stereocenters. The fraction of sp³-hybridized carbons (Fsp3) is 0.158. The molecule has 0 radical (unpaired) electrons. The van der Waals surface area contributed by atoms with Gasteiger partial charge in [-0.3, -0.25) is 0 Å². The summed E-state index contributed by atoms with van der Waals surface area (Å²) in [6.07, 6.45) is 5.44. The first-order valence-corrected chi connectivity index (χ1v) is 6.48. The third kappa shape index (κ3) is 3.12. The third-order valence-electron chi connectivity index (χ3n) is 3.31. The van der Waals surface area contributed by atoms with E-state index in [2.05, 4.69) is 17.8 Å². The number of hydrogen-bond donors (Lipinski definition) is 0. The first-order chi connectivity index (χ1) is 9.92. The minimum atomic E-state index is -0.589. The molecule has 0 fully saturated rings. The molecule has 0 heterocycles. The highest BCUT2D eigenvalue weighted by molar-refractivity contribution is 5.52. The zero-order chi connectivity index (χ0) is 15.6. The van der Waals surface area contributed by atoms with E-state index in [0.29, 0.717) is 5.56 Å². The molecule has 2 heteroatoms. The number of terminal acetylenes is 1. The molecule has 0 aliphatic heterocycles. The Labute approximate surface area is 123 Å². The van der Waals surface area contributed by atoms with E-state index in [1.54, 1.807) is 0 Å². The highest BCUT2D eigenvalue weighted by atomic mass is 19.1. The maximum Gasteiger partial charge on any atom is 0.130 e. The Hall–Kier alpha value is -2.58. The minimum absolute atomic E-state index is 0.00520. The zero-order valence-electron chi connectivity index (χ0n) is 12.1. The van der Waals surface area contributed by atoms with Crippen LogP contribution in [0.1, 0.15) is 33.4 Å². The van der Waals surface area contributed by atoms with Crippen LogP contribution >= 0.6 is 0 Å². The van der Waals surface area contributed by atoms with Crippen molar-refractivity contribution in [2.45, 2.75) is 20.8 Å². The van der Waals surface area contributed by atoms with Gasteiger partial charge in [-0.2, -0.15) is 0 Å². The van der Waals surface area contributed by atoms with Crippen LogP contribution in [0.25, 0.3) is 0 Å². The van der Waals surface area contributed by atoms with E-state index in [0.717, 1.165) is 22.3 Å². The standard InChI is InChI=1S/C19H14F2/c1-5-17-12(2)8-15(9-13(17)3)6-7-16-10-18(20)14(4)19(21)11-16/h1,8-11H,2-4H3. The lowest BCUT2D eigenvalue weighted by Crippen LogP contribution is -1.91. The number of aryl methyl sites for hydroxylation is 2. The van der Waals surface area contributed by atoms with Gasteiger partial charge in [-0.1, -0.05) is 17.8 Å². The molecule has 0 nitrogen and oxygen atoms in total. The van der Waals surface area contributed by atoms with Crippen LogP contribution < -0.4 is 0 Å². The normalized spacial score (nSPS) is 9.71. The van der Waals surface area contributed by atoms with Crippen LogP contribution in [-0.4, -0.2) is 0 Å². The highest BCUT2D eigenvalue weighted by Gasteiger charge is 2.05. The van der Waals surface area contributed by atoms with Crippen molar-refractivity contribution in [1.82, 2.24) is 0 Å². The van der Waals surface area contributed by atoms with Crippen LogP contribution in [0.15, 0.2) is 24.3 Å². The smallest absolute Gasteiger partial charge is 0.130 e. The van der Waals surface area contributed by atoms with Crippen molar-refractivity contribution in [2.75, 3.05) is 0 Å². The highest BCUT2D eigenvalue weighted by Crippen LogP contribution is 2.16. The summed E-state index contributed by atoms with van der Waals surface area (Å²) in [5.74, 6) is 7.16. The first kappa shape index (κ1) is 14.8. The summed E-state index contributed by atoms with van der Waals surface area (Å²) < 4.78 is 26.9. The average molecular weight is 280 g/mol. The van der Waals surface area contributed by atoms with Crippen LogP contribution in [0.3, 0.4) is 0 Å². The van der Waals surface area contributed by atoms with Gasteiger partial charge in [-0.25, -0.2) is 8.78 Å². The second-order valence-electron chi connectivity index (χ2n) is 4.94. The Morgan fingerprint density at radius 1 is 0.810 bits per heavy atom. The van der Waals surface area contributed by atoms with Gasteiger partial charge in [0.2, 0.25) is 0 Å². The summed E-state index contributed by atoms with van der Waals surface area (Å²) in [6.45, 7) is 5.23. The summed E-state index contributed by atoms with van der Waals surface area (Å²) in [4.78, 5) is 0. The lowest BCUT2D eigenvalue weighted by molar-refractivity contribution is 0.567. The van der Waals surface area contributed by atoms with Gasteiger partial charge in [0.15, 0.2) is 0 Å². The molecule has 0 saturated heterocycles. The molecule has 0 saturated carbocycles. The molecule has 0 aromatic heterocycles. The zero-order valence-corrected chi connectivity index (χ0v) is 12.1.